The van der Waals surface area contributed by atoms with Crippen LogP contribution in [0.15, 0.2) is 18.6 Å². The van der Waals surface area contributed by atoms with Crippen molar-refractivity contribution >= 4 is 11.6 Å². The quantitative estimate of drug-likeness (QED) is 0.929. The van der Waals surface area contributed by atoms with E-state index in [0.717, 1.165) is 31.1 Å². The van der Waals surface area contributed by atoms with Crippen molar-refractivity contribution in [3.63, 3.8) is 0 Å². The topological polar surface area (TPSA) is 62.5 Å². The molecule has 1 fully saturated rings. The van der Waals surface area contributed by atoms with Crippen molar-refractivity contribution in [2.75, 3.05) is 26.2 Å². The Hall–Kier alpha value is -1.95. The first-order valence-electron chi connectivity index (χ1n) is 7.94. The van der Waals surface area contributed by atoms with Gasteiger partial charge in [-0.2, -0.15) is 5.10 Å². The lowest BCUT2D eigenvalue weighted by molar-refractivity contribution is 0.0946. The molecule has 22 heavy (non-hydrogen) atoms. The third kappa shape index (κ3) is 3.27. The zero-order valence-corrected chi connectivity index (χ0v) is 13.2. The van der Waals surface area contributed by atoms with Crippen molar-refractivity contribution in [2.45, 2.75) is 26.7 Å². The number of likely N-dealkylation sites (tertiary alicyclic amines) is 1. The van der Waals surface area contributed by atoms with E-state index in [9.17, 15) is 4.79 Å². The van der Waals surface area contributed by atoms with Crippen LogP contribution in [0.3, 0.4) is 0 Å². The molecule has 1 amide bonds. The minimum absolute atomic E-state index is 0.100. The summed E-state index contributed by atoms with van der Waals surface area (Å²) in [4.78, 5) is 19.0. The third-order valence-corrected chi connectivity index (χ3v) is 4.32. The van der Waals surface area contributed by atoms with Gasteiger partial charge >= 0.3 is 0 Å². The van der Waals surface area contributed by atoms with Gasteiger partial charge in [-0.05, 0) is 44.3 Å². The van der Waals surface area contributed by atoms with Gasteiger partial charge in [0.2, 0.25) is 0 Å². The number of amides is 1. The lowest BCUT2D eigenvalue weighted by atomic mass is 9.99. The normalized spacial score (nSPS) is 17.0. The molecule has 2 aromatic rings. The molecule has 0 spiro atoms. The molecule has 1 aliphatic heterocycles. The average molecular weight is 301 g/mol. The van der Waals surface area contributed by atoms with E-state index in [0.29, 0.717) is 17.8 Å². The van der Waals surface area contributed by atoms with E-state index in [1.165, 1.54) is 12.8 Å². The van der Waals surface area contributed by atoms with Gasteiger partial charge < -0.3 is 10.2 Å². The van der Waals surface area contributed by atoms with Gasteiger partial charge in [0, 0.05) is 25.5 Å². The smallest absolute Gasteiger partial charge is 0.256 e. The first-order valence-corrected chi connectivity index (χ1v) is 7.94. The van der Waals surface area contributed by atoms with E-state index in [1.807, 2.05) is 13.1 Å². The summed E-state index contributed by atoms with van der Waals surface area (Å²) in [7, 11) is 0. The summed E-state index contributed by atoms with van der Waals surface area (Å²) < 4.78 is 1.65. The number of hydrogen-bond acceptors (Lipinski definition) is 4. The molecule has 1 saturated heterocycles. The van der Waals surface area contributed by atoms with Crippen LogP contribution in [0.5, 0.6) is 0 Å². The summed E-state index contributed by atoms with van der Waals surface area (Å²) in [6, 6.07) is 0. The number of carbonyl (C=O) groups excluding carboxylic acids is 1. The number of rotatable bonds is 4. The van der Waals surface area contributed by atoms with E-state index in [2.05, 4.69) is 27.2 Å². The number of hydrogen-bond donors (Lipinski definition) is 1. The minimum atomic E-state index is -0.100. The second-order valence-electron chi connectivity index (χ2n) is 6.24. The van der Waals surface area contributed by atoms with Gasteiger partial charge in [-0.1, -0.05) is 6.92 Å². The maximum absolute atomic E-state index is 12.3. The molecule has 2 aromatic heterocycles. The van der Waals surface area contributed by atoms with Crippen LogP contribution in [0.2, 0.25) is 0 Å². The highest BCUT2D eigenvalue weighted by Crippen LogP contribution is 2.15. The number of piperidine rings is 1. The molecule has 6 heteroatoms. The predicted octanol–water partition coefficient (Wildman–Crippen LogP) is 1.50. The Bertz CT molecular complexity index is 658. The standard InChI is InChI=1S/C16H23N5O/c1-12-3-6-20(7-4-12)8-5-17-16(22)14-10-19-21-11-13(2)9-18-15(14)21/h9-12H,3-8H2,1-2H3,(H,17,22). The van der Waals surface area contributed by atoms with Gasteiger partial charge in [-0.15, -0.1) is 0 Å². The molecule has 3 rings (SSSR count). The molecule has 0 bridgehead atoms. The van der Waals surface area contributed by atoms with E-state index in [1.54, 1.807) is 16.9 Å². The fraction of sp³-hybridized carbons (Fsp3) is 0.562. The van der Waals surface area contributed by atoms with Crippen LogP contribution in [0.4, 0.5) is 0 Å². The summed E-state index contributed by atoms with van der Waals surface area (Å²) in [6.45, 7) is 8.09. The van der Waals surface area contributed by atoms with Crippen LogP contribution in [0, 0.1) is 12.8 Å². The highest BCUT2D eigenvalue weighted by atomic mass is 16.1. The molecule has 0 aromatic carbocycles. The van der Waals surface area contributed by atoms with Crippen molar-refractivity contribution < 1.29 is 4.79 Å². The highest BCUT2D eigenvalue weighted by molar-refractivity contribution is 5.99. The zero-order chi connectivity index (χ0) is 15.5. The number of aromatic nitrogens is 3. The van der Waals surface area contributed by atoms with E-state index < -0.39 is 0 Å². The third-order valence-electron chi connectivity index (χ3n) is 4.32. The first-order chi connectivity index (χ1) is 10.6. The number of nitrogens with one attached hydrogen (secondary N) is 1. The van der Waals surface area contributed by atoms with Crippen LogP contribution in [-0.4, -0.2) is 51.6 Å². The molecule has 0 unspecified atom stereocenters. The van der Waals surface area contributed by atoms with Crippen molar-refractivity contribution in [1.29, 1.82) is 0 Å². The SMILES string of the molecule is Cc1cnc2c(C(=O)NCCN3CCC(C)CC3)cnn2c1. The summed E-state index contributed by atoms with van der Waals surface area (Å²) >= 11 is 0. The first kappa shape index (κ1) is 15.0. The van der Waals surface area contributed by atoms with Gasteiger partial charge in [-0.25, -0.2) is 9.50 Å². The maximum atomic E-state index is 12.3. The molecular formula is C16H23N5O. The molecule has 1 aliphatic rings. The van der Waals surface area contributed by atoms with Crippen molar-refractivity contribution in [1.82, 2.24) is 24.8 Å². The molecule has 118 valence electrons. The van der Waals surface area contributed by atoms with E-state index >= 15 is 0 Å². The van der Waals surface area contributed by atoms with E-state index in [4.69, 9.17) is 0 Å². The lowest BCUT2D eigenvalue weighted by Gasteiger charge is -2.30. The van der Waals surface area contributed by atoms with Gasteiger partial charge in [-0.3, -0.25) is 4.79 Å². The molecule has 0 radical (unpaired) electrons. The fourth-order valence-electron chi connectivity index (χ4n) is 2.84. The molecular weight excluding hydrogens is 278 g/mol. The summed E-state index contributed by atoms with van der Waals surface area (Å²) in [5.74, 6) is 0.732. The van der Waals surface area contributed by atoms with Gasteiger partial charge in [0.25, 0.3) is 5.91 Å². The maximum Gasteiger partial charge on any atom is 0.256 e. The zero-order valence-electron chi connectivity index (χ0n) is 13.2. The van der Waals surface area contributed by atoms with Gasteiger partial charge in [0.15, 0.2) is 5.65 Å². The van der Waals surface area contributed by atoms with Crippen LogP contribution in [-0.2, 0) is 0 Å². The van der Waals surface area contributed by atoms with Gasteiger partial charge in [0.1, 0.15) is 5.56 Å². The Labute approximate surface area is 130 Å². The molecule has 3 heterocycles. The van der Waals surface area contributed by atoms with Crippen molar-refractivity contribution in [3.8, 4) is 0 Å². The van der Waals surface area contributed by atoms with Crippen LogP contribution < -0.4 is 5.32 Å². The highest BCUT2D eigenvalue weighted by Gasteiger charge is 2.17. The summed E-state index contributed by atoms with van der Waals surface area (Å²) in [5.41, 5.74) is 2.16. The molecule has 6 nitrogen and oxygen atoms in total. The Kier molecular flexibility index (Phi) is 4.38. The van der Waals surface area contributed by atoms with Crippen LogP contribution >= 0.6 is 0 Å². The Morgan fingerprint density at radius 2 is 2.14 bits per heavy atom. The second-order valence-corrected chi connectivity index (χ2v) is 6.24. The number of nitrogens with zero attached hydrogens (tertiary/aromatic N) is 4. The monoisotopic (exact) mass is 301 g/mol. The number of carbonyl (C=O) groups is 1. The summed E-state index contributed by atoms with van der Waals surface area (Å²) in [5, 5.41) is 7.17. The van der Waals surface area contributed by atoms with Gasteiger partial charge in [0.05, 0.1) is 6.20 Å². The molecule has 0 atom stereocenters. The Morgan fingerprint density at radius 1 is 1.36 bits per heavy atom. The number of aryl methyl sites for hydroxylation is 1. The largest absolute Gasteiger partial charge is 0.351 e. The molecule has 0 saturated carbocycles. The Balaban J connectivity index is 1.55. The fourth-order valence-corrected chi connectivity index (χ4v) is 2.84. The van der Waals surface area contributed by atoms with Crippen LogP contribution in [0.25, 0.3) is 5.65 Å². The van der Waals surface area contributed by atoms with Crippen molar-refractivity contribution in [3.05, 3.63) is 29.7 Å². The molecule has 0 aliphatic carbocycles. The Morgan fingerprint density at radius 3 is 2.91 bits per heavy atom. The minimum Gasteiger partial charge on any atom is -0.351 e. The van der Waals surface area contributed by atoms with E-state index in [-0.39, 0.29) is 5.91 Å². The van der Waals surface area contributed by atoms with Crippen molar-refractivity contribution in [2.24, 2.45) is 5.92 Å². The lowest BCUT2D eigenvalue weighted by Crippen LogP contribution is -2.39. The predicted molar refractivity (Wildman–Crippen MR) is 84.9 cm³/mol. The average Bonchev–Trinajstić information content (AvgIpc) is 2.92. The molecule has 1 N–H and O–H groups in total. The second kappa shape index (κ2) is 6.44. The van der Waals surface area contributed by atoms with Crippen LogP contribution in [0.1, 0.15) is 35.7 Å². The summed E-state index contributed by atoms with van der Waals surface area (Å²) in [6.07, 6.45) is 7.72. The number of fused-ring (bicyclic) bond motifs is 1.